The van der Waals surface area contributed by atoms with E-state index in [1.165, 1.54) is 7.05 Å². The Kier molecular flexibility index (Phi) is 18.4. The van der Waals surface area contributed by atoms with Crippen molar-refractivity contribution in [3.8, 4) is 0 Å². The monoisotopic (exact) mass is 896 g/mol. The van der Waals surface area contributed by atoms with Gasteiger partial charge < -0.3 is 34.5 Å². The van der Waals surface area contributed by atoms with Gasteiger partial charge in [-0.15, -0.1) is 0 Å². The molecule has 0 heterocycles. The molecule has 3 N–H and O–H groups in total. The molecule has 0 saturated heterocycles. The molecule has 2 atom stereocenters. The van der Waals surface area contributed by atoms with Gasteiger partial charge in [0.15, 0.2) is 0 Å². The number of hydrogen-bond donors (Lipinski definition) is 3. The molecule has 14 nitrogen and oxygen atoms in total. The smallest absolute Gasteiger partial charge is 0.410 e. The predicted molar refractivity (Wildman–Crippen MR) is 245 cm³/mol. The summed E-state index contributed by atoms with van der Waals surface area (Å²) >= 11 is 0. The minimum Gasteiger partial charge on any atom is -0.480 e. The van der Waals surface area contributed by atoms with Crippen molar-refractivity contribution in [1.29, 1.82) is 0 Å². The zero-order chi connectivity index (χ0) is 48.8. The molecule has 0 fully saturated rings. The number of carboxylic acids is 2. The summed E-state index contributed by atoms with van der Waals surface area (Å²) in [6.45, 7) is 18.1. The van der Waals surface area contributed by atoms with E-state index in [0.717, 1.165) is 27.2 Å². The van der Waals surface area contributed by atoms with Gasteiger partial charge in [0.05, 0.1) is 10.8 Å². The van der Waals surface area contributed by atoms with Crippen molar-refractivity contribution in [2.24, 2.45) is 0 Å². The van der Waals surface area contributed by atoms with Crippen molar-refractivity contribution in [1.82, 2.24) is 10.2 Å². The number of carbonyl (C=O) groups is 6. The van der Waals surface area contributed by atoms with Gasteiger partial charge in [0, 0.05) is 19.9 Å². The Labute approximate surface area is 382 Å². The number of benzene rings is 4. The second kappa shape index (κ2) is 22.8. The van der Waals surface area contributed by atoms with Crippen LogP contribution < -0.4 is 5.32 Å². The van der Waals surface area contributed by atoms with Crippen molar-refractivity contribution in [2.45, 2.75) is 129 Å². The maximum Gasteiger partial charge on any atom is 0.410 e. The van der Waals surface area contributed by atoms with E-state index in [2.05, 4.69) is 5.32 Å². The fraction of sp³-hybridized carbons (Fsp3) is 0.412. The van der Waals surface area contributed by atoms with Crippen LogP contribution in [0.25, 0.3) is 0 Å². The van der Waals surface area contributed by atoms with Crippen LogP contribution in [-0.2, 0) is 75.0 Å². The molecule has 2 unspecified atom stereocenters. The van der Waals surface area contributed by atoms with Crippen LogP contribution in [0.4, 0.5) is 9.59 Å². The number of nitrogens with zero attached hydrogens (tertiary/aromatic N) is 1. The summed E-state index contributed by atoms with van der Waals surface area (Å²) in [6.07, 6.45) is -1.35. The van der Waals surface area contributed by atoms with Crippen LogP contribution in [0.2, 0.25) is 0 Å². The largest absolute Gasteiger partial charge is 0.480 e. The first-order chi connectivity index (χ1) is 30.2. The highest BCUT2D eigenvalue weighted by atomic mass is 16.6. The van der Waals surface area contributed by atoms with E-state index in [9.17, 15) is 39.0 Å². The minimum atomic E-state index is -1.17. The first-order valence-corrected chi connectivity index (χ1v) is 21.2. The van der Waals surface area contributed by atoms with Crippen LogP contribution in [-0.4, -0.2) is 81.5 Å². The van der Waals surface area contributed by atoms with E-state index in [4.69, 9.17) is 18.9 Å². The van der Waals surface area contributed by atoms with E-state index in [-0.39, 0.29) is 38.0 Å². The number of amides is 2. The van der Waals surface area contributed by atoms with E-state index in [0.29, 0.717) is 11.1 Å². The summed E-state index contributed by atoms with van der Waals surface area (Å²) in [6, 6.07) is 30.2. The summed E-state index contributed by atoms with van der Waals surface area (Å²) in [5.74, 6) is -2.98. The summed E-state index contributed by atoms with van der Waals surface area (Å²) in [7, 11) is 1.41. The number of carbonyl (C=O) groups excluding carboxylic acids is 4. The van der Waals surface area contributed by atoms with Gasteiger partial charge in [-0.05, 0) is 103 Å². The lowest BCUT2D eigenvalue weighted by molar-refractivity contribution is -0.161. The SMILES string of the molecule is CC(C)(C)OC(=O)C(C)(C)c1ccc(CC(NC(=O)OCc2ccccc2)C(=O)O)cc1.CN(C(=O)OCc1ccccc1)C(Cc1ccc(C(C)(C)C(=O)OC(C)(C)C)cc1)C(=O)O. The highest BCUT2D eigenvalue weighted by molar-refractivity contribution is 5.84. The van der Waals surface area contributed by atoms with E-state index >= 15 is 0 Å². The lowest BCUT2D eigenvalue weighted by Gasteiger charge is -2.29. The number of aliphatic carboxylic acids is 2. The number of esters is 2. The van der Waals surface area contributed by atoms with Gasteiger partial charge in [0.2, 0.25) is 0 Å². The van der Waals surface area contributed by atoms with Crippen LogP contribution in [0.15, 0.2) is 109 Å². The molecule has 0 aromatic heterocycles. The average Bonchev–Trinajstić information content (AvgIpc) is 3.23. The quantitative estimate of drug-likeness (QED) is 0.0716. The maximum atomic E-state index is 12.6. The summed E-state index contributed by atoms with van der Waals surface area (Å²) < 4.78 is 21.4. The van der Waals surface area contributed by atoms with Crippen molar-refractivity contribution >= 4 is 36.1 Å². The Morgan fingerprint density at radius 2 is 0.908 bits per heavy atom. The number of ether oxygens (including phenoxy) is 4. The molecule has 4 rings (SSSR count). The molecular formula is C51H64N2O12. The Hall–Kier alpha value is -6.70. The lowest BCUT2D eigenvalue weighted by Crippen LogP contribution is -2.44. The number of hydrogen-bond acceptors (Lipinski definition) is 10. The molecule has 0 spiro atoms. The summed E-state index contributed by atoms with van der Waals surface area (Å²) in [5, 5.41) is 21.6. The normalized spacial score (nSPS) is 12.5. The fourth-order valence-corrected chi connectivity index (χ4v) is 6.07. The van der Waals surface area contributed by atoms with Crippen LogP contribution in [0.1, 0.15) is 103 Å². The van der Waals surface area contributed by atoms with Gasteiger partial charge in [0.1, 0.15) is 36.5 Å². The molecule has 14 heteroatoms. The van der Waals surface area contributed by atoms with Crippen molar-refractivity contribution in [2.75, 3.05) is 7.05 Å². The van der Waals surface area contributed by atoms with Crippen LogP contribution in [0.3, 0.4) is 0 Å². The molecule has 0 bridgehead atoms. The van der Waals surface area contributed by atoms with Gasteiger partial charge in [-0.2, -0.15) is 0 Å². The molecule has 0 aliphatic carbocycles. The molecule has 0 saturated carbocycles. The number of nitrogens with one attached hydrogen (secondary N) is 1. The second-order valence-electron chi connectivity index (χ2n) is 18.7. The van der Waals surface area contributed by atoms with Gasteiger partial charge in [-0.3, -0.25) is 14.5 Å². The van der Waals surface area contributed by atoms with Crippen LogP contribution in [0, 0.1) is 0 Å². The molecule has 0 aliphatic heterocycles. The van der Waals surface area contributed by atoms with E-state index in [1.54, 1.807) is 76.2 Å². The second-order valence-corrected chi connectivity index (χ2v) is 18.7. The third kappa shape index (κ3) is 17.1. The zero-order valence-corrected chi connectivity index (χ0v) is 39.3. The van der Waals surface area contributed by atoms with Gasteiger partial charge in [-0.25, -0.2) is 19.2 Å². The molecule has 2 amide bonds. The molecule has 0 aliphatic rings. The average molecular weight is 897 g/mol. The number of rotatable bonds is 16. The highest BCUT2D eigenvalue weighted by Gasteiger charge is 2.36. The molecule has 4 aromatic rings. The Bertz CT molecular complexity index is 2210. The number of carboxylic acid groups (broad SMARTS) is 2. The Morgan fingerprint density at radius 1 is 0.523 bits per heavy atom. The summed E-state index contributed by atoms with van der Waals surface area (Å²) in [5.41, 5.74) is 1.62. The first-order valence-electron chi connectivity index (χ1n) is 21.2. The number of likely N-dealkylation sites (N-methyl/N-ethyl adjacent to an activating group) is 1. The van der Waals surface area contributed by atoms with Crippen molar-refractivity contribution in [3.63, 3.8) is 0 Å². The van der Waals surface area contributed by atoms with E-state index in [1.807, 2.05) is 102 Å². The van der Waals surface area contributed by atoms with Crippen LogP contribution >= 0.6 is 0 Å². The summed E-state index contributed by atoms with van der Waals surface area (Å²) in [4.78, 5) is 74.2. The number of alkyl carbamates (subject to hydrolysis) is 1. The highest BCUT2D eigenvalue weighted by Crippen LogP contribution is 2.29. The Morgan fingerprint density at radius 3 is 1.28 bits per heavy atom. The zero-order valence-electron chi connectivity index (χ0n) is 39.3. The Balaban J connectivity index is 0.000000345. The first kappa shape index (κ1) is 52.6. The van der Waals surface area contributed by atoms with Gasteiger partial charge >= 0.3 is 36.1 Å². The maximum absolute atomic E-state index is 12.6. The third-order valence-electron chi connectivity index (χ3n) is 10.1. The molecular weight excluding hydrogens is 833 g/mol. The van der Waals surface area contributed by atoms with Crippen molar-refractivity contribution in [3.05, 3.63) is 143 Å². The standard InChI is InChI=1S/C26H33NO6.C25H31NO6/c1-25(2,3)33-23(30)26(4,5)20-14-12-18(13-15-20)16-21(22(28)29)27(6)24(31)32-17-19-10-8-7-9-11-19;1-24(2,3)32-22(29)25(4,5)19-13-11-17(12-14-19)15-20(21(27)28)26-23(30)31-16-18-9-7-6-8-10-18/h7-15,21H,16-17H2,1-6H3,(H,28,29);6-14,20H,15-16H2,1-5H3,(H,26,30)(H,27,28). The predicted octanol–water partition coefficient (Wildman–Crippen LogP) is 8.80. The van der Waals surface area contributed by atoms with Crippen LogP contribution in [0.5, 0.6) is 0 Å². The fourth-order valence-electron chi connectivity index (χ4n) is 6.07. The molecule has 4 aromatic carbocycles. The molecule has 0 radical (unpaired) electrons. The third-order valence-corrected chi connectivity index (χ3v) is 10.1. The molecule has 350 valence electrons. The molecule has 65 heavy (non-hydrogen) atoms. The van der Waals surface area contributed by atoms with Gasteiger partial charge in [0.25, 0.3) is 0 Å². The minimum absolute atomic E-state index is 0.0491. The van der Waals surface area contributed by atoms with Gasteiger partial charge in [-0.1, -0.05) is 109 Å². The van der Waals surface area contributed by atoms with E-state index < -0.39 is 58.2 Å². The van der Waals surface area contributed by atoms with Crippen molar-refractivity contribution < 1.29 is 57.9 Å². The topological polar surface area (TPSA) is 195 Å². The lowest BCUT2D eigenvalue weighted by atomic mass is 9.84.